The third-order valence-corrected chi connectivity index (χ3v) is 2.37. The van der Waals surface area contributed by atoms with E-state index in [1.807, 2.05) is 0 Å². The molecular weight excluding hydrogens is 183 g/mol. The van der Waals surface area contributed by atoms with Gasteiger partial charge in [-0.1, -0.05) is 6.42 Å². The first-order chi connectivity index (χ1) is 5.61. The molecular formula is C8H13NaO4. The molecule has 0 aromatic carbocycles. The van der Waals surface area contributed by atoms with Crippen molar-refractivity contribution in [1.29, 1.82) is 0 Å². The molecule has 5 heteroatoms. The van der Waals surface area contributed by atoms with Crippen LogP contribution in [0.15, 0.2) is 0 Å². The Morgan fingerprint density at radius 3 is 1.77 bits per heavy atom. The van der Waals surface area contributed by atoms with E-state index in [1.54, 1.807) is 0 Å². The molecule has 0 aromatic rings. The van der Waals surface area contributed by atoms with Gasteiger partial charge in [-0.25, -0.2) is 0 Å². The monoisotopic (exact) mass is 196 g/mol. The fourth-order valence-electron chi connectivity index (χ4n) is 1.64. The van der Waals surface area contributed by atoms with E-state index in [-0.39, 0.29) is 31.0 Å². The number of carbonyl (C=O) groups is 2. The molecule has 0 spiro atoms. The van der Waals surface area contributed by atoms with Crippen molar-refractivity contribution in [3.63, 3.8) is 0 Å². The Morgan fingerprint density at radius 1 is 1.08 bits per heavy atom. The molecule has 1 saturated carbocycles. The van der Waals surface area contributed by atoms with E-state index in [0.717, 1.165) is 0 Å². The normalized spacial score (nSPS) is 27.4. The minimum atomic E-state index is -0.860. The third-order valence-electron chi connectivity index (χ3n) is 2.37. The van der Waals surface area contributed by atoms with Gasteiger partial charge in [0.05, 0.1) is 11.8 Å². The van der Waals surface area contributed by atoms with Crippen LogP contribution in [0.4, 0.5) is 0 Å². The molecule has 0 radical (unpaired) electrons. The van der Waals surface area contributed by atoms with Crippen molar-refractivity contribution in [2.24, 2.45) is 11.8 Å². The van der Waals surface area contributed by atoms with Gasteiger partial charge in [0, 0.05) is 0 Å². The first-order valence-corrected chi connectivity index (χ1v) is 4.07. The predicted octanol–water partition coefficient (Wildman–Crippen LogP) is -1.92. The zero-order chi connectivity index (χ0) is 9.14. The second-order valence-corrected chi connectivity index (χ2v) is 3.24. The summed E-state index contributed by atoms with van der Waals surface area (Å²) in [7, 11) is 0. The molecule has 1 aliphatic carbocycles. The second kappa shape index (κ2) is 5.62. The van der Waals surface area contributed by atoms with Gasteiger partial charge in [-0.15, -0.1) is 0 Å². The third kappa shape index (κ3) is 3.67. The number of carboxylic acids is 2. The maximum absolute atomic E-state index is 10.5. The molecule has 4 nitrogen and oxygen atoms in total. The van der Waals surface area contributed by atoms with Gasteiger partial charge in [-0.2, -0.15) is 0 Å². The SMILES string of the molecule is O=C(O)C1CCCC(C(=O)O)C1.[H-].[Na+]. The first kappa shape index (κ1) is 12.9. The molecule has 70 valence electrons. The zero-order valence-corrected chi connectivity index (χ0v) is 9.69. The molecule has 0 bridgehead atoms. The van der Waals surface area contributed by atoms with E-state index in [2.05, 4.69) is 0 Å². The van der Waals surface area contributed by atoms with Crippen LogP contribution in [0.25, 0.3) is 0 Å². The van der Waals surface area contributed by atoms with Gasteiger partial charge in [0.1, 0.15) is 0 Å². The van der Waals surface area contributed by atoms with E-state index < -0.39 is 23.8 Å². The van der Waals surface area contributed by atoms with E-state index in [0.29, 0.717) is 25.7 Å². The Hall–Kier alpha value is -0.0600. The quantitative estimate of drug-likeness (QED) is 0.505. The maximum Gasteiger partial charge on any atom is 1.00 e. The molecule has 0 heterocycles. The molecule has 2 unspecified atom stereocenters. The number of hydrogen-bond donors (Lipinski definition) is 2. The average molecular weight is 196 g/mol. The summed E-state index contributed by atoms with van der Waals surface area (Å²) in [6.45, 7) is 0. The minimum Gasteiger partial charge on any atom is -1.00 e. The summed E-state index contributed by atoms with van der Waals surface area (Å²) < 4.78 is 0. The van der Waals surface area contributed by atoms with E-state index in [1.165, 1.54) is 0 Å². The van der Waals surface area contributed by atoms with E-state index >= 15 is 0 Å². The van der Waals surface area contributed by atoms with Crippen molar-refractivity contribution in [3.05, 3.63) is 0 Å². The summed E-state index contributed by atoms with van der Waals surface area (Å²) in [5, 5.41) is 17.3. The van der Waals surface area contributed by atoms with Crippen molar-refractivity contribution in [3.8, 4) is 0 Å². The molecule has 0 aromatic heterocycles. The van der Waals surface area contributed by atoms with Crippen molar-refractivity contribution >= 4 is 11.9 Å². The average Bonchev–Trinajstić information content (AvgIpc) is 2.04. The molecule has 0 amide bonds. The molecule has 2 N–H and O–H groups in total. The zero-order valence-electron chi connectivity index (χ0n) is 8.69. The van der Waals surface area contributed by atoms with Gasteiger partial charge in [0.25, 0.3) is 0 Å². The van der Waals surface area contributed by atoms with Crippen molar-refractivity contribution in [2.75, 3.05) is 0 Å². The van der Waals surface area contributed by atoms with Crippen LogP contribution in [-0.2, 0) is 9.59 Å². The Bertz CT molecular complexity index is 190. The van der Waals surface area contributed by atoms with Crippen LogP contribution in [-0.4, -0.2) is 22.2 Å². The summed E-state index contributed by atoms with van der Waals surface area (Å²) in [4.78, 5) is 21.1. The standard InChI is InChI=1S/C8H12O4.Na.H/c9-7(10)5-2-1-3-6(4-5)8(11)12;;/h5-6H,1-4H2,(H,9,10)(H,11,12);;/q;+1;-1. The molecule has 1 aliphatic rings. The van der Waals surface area contributed by atoms with Crippen LogP contribution in [0.5, 0.6) is 0 Å². The summed E-state index contributed by atoms with van der Waals surface area (Å²) in [5.74, 6) is -2.61. The smallest absolute Gasteiger partial charge is 1.00 e. The number of carboxylic acid groups (broad SMARTS) is 2. The van der Waals surface area contributed by atoms with Crippen LogP contribution < -0.4 is 29.6 Å². The van der Waals surface area contributed by atoms with Crippen LogP contribution >= 0.6 is 0 Å². The Kier molecular flexibility index (Phi) is 5.60. The predicted molar refractivity (Wildman–Crippen MR) is 41.8 cm³/mol. The van der Waals surface area contributed by atoms with Gasteiger partial charge in [0.2, 0.25) is 0 Å². The van der Waals surface area contributed by atoms with Crippen molar-refractivity contribution in [2.45, 2.75) is 25.7 Å². The van der Waals surface area contributed by atoms with E-state index in [9.17, 15) is 9.59 Å². The van der Waals surface area contributed by atoms with E-state index in [4.69, 9.17) is 10.2 Å². The van der Waals surface area contributed by atoms with Gasteiger partial charge in [-0.3, -0.25) is 9.59 Å². The van der Waals surface area contributed by atoms with Crippen LogP contribution in [0.3, 0.4) is 0 Å². The summed E-state index contributed by atoms with van der Waals surface area (Å²) in [5.41, 5.74) is 0. The van der Waals surface area contributed by atoms with Crippen molar-refractivity contribution in [1.82, 2.24) is 0 Å². The number of hydrogen-bond acceptors (Lipinski definition) is 2. The van der Waals surface area contributed by atoms with Crippen LogP contribution in [0.2, 0.25) is 0 Å². The molecule has 0 saturated heterocycles. The molecule has 13 heavy (non-hydrogen) atoms. The fourth-order valence-corrected chi connectivity index (χ4v) is 1.64. The summed E-state index contributed by atoms with van der Waals surface area (Å²) in [6.07, 6.45) is 2.26. The first-order valence-electron chi connectivity index (χ1n) is 4.07. The minimum absolute atomic E-state index is 0. The largest absolute Gasteiger partial charge is 1.00 e. The fraction of sp³-hybridized carbons (Fsp3) is 0.750. The number of rotatable bonds is 2. The van der Waals surface area contributed by atoms with Gasteiger partial charge < -0.3 is 11.6 Å². The van der Waals surface area contributed by atoms with Gasteiger partial charge in [0.15, 0.2) is 0 Å². The van der Waals surface area contributed by atoms with Crippen LogP contribution in [0.1, 0.15) is 27.1 Å². The molecule has 1 fully saturated rings. The molecule has 1 rings (SSSR count). The molecule has 0 aliphatic heterocycles. The Balaban J connectivity index is 0. The van der Waals surface area contributed by atoms with Crippen molar-refractivity contribution < 1.29 is 50.8 Å². The second-order valence-electron chi connectivity index (χ2n) is 3.24. The van der Waals surface area contributed by atoms with Crippen LogP contribution in [0, 0.1) is 11.8 Å². The van der Waals surface area contributed by atoms with Gasteiger partial charge in [-0.05, 0) is 19.3 Å². The summed E-state index contributed by atoms with van der Waals surface area (Å²) >= 11 is 0. The Morgan fingerprint density at radius 2 is 1.46 bits per heavy atom. The maximum atomic E-state index is 10.5. The van der Waals surface area contributed by atoms with Gasteiger partial charge >= 0.3 is 41.5 Å². The summed E-state index contributed by atoms with van der Waals surface area (Å²) in [6, 6.07) is 0. The number of aliphatic carboxylic acids is 2. The topological polar surface area (TPSA) is 74.6 Å². The molecule has 2 atom stereocenters. The Labute approximate surface area is 100 Å².